The summed E-state index contributed by atoms with van der Waals surface area (Å²) in [5, 5.41) is 9.83. The molecule has 150 valence electrons. The molecule has 0 saturated heterocycles. The summed E-state index contributed by atoms with van der Waals surface area (Å²) in [7, 11) is 0. The Bertz CT molecular complexity index is 1030. The van der Waals surface area contributed by atoms with Crippen LogP contribution in [0.1, 0.15) is 40.9 Å². The second-order valence-electron chi connectivity index (χ2n) is 7.43. The molecule has 1 aromatic heterocycles. The van der Waals surface area contributed by atoms with E-state index in [1.165, 1.54) is 22.2 Å². The first-order valence-electron chi connectivity index (χ1n) is 10.1. The van der Waals surface area contributed by atoms with Crippen LogP contribution in [0, 0.1) is 0 Å². The summed E-state index contributed by atoms with van der Waals surface area (Å²) < 4.78 is 2.34. The maximum absolute atomic E-state index is 12.9. The standard InChI is InChI=1S/C23H25N3O3/c27-22(24-29)12-6-7-14-26-20-11-5-4-10-18(20)19-16-25(15-13-21(19)26)23(28)17-8-2-1-3-9-17/h1-5,8-11,29H,6-7,12-16H2,(H,24,27). The van der Waals surface area contributed by atoms with E-state index in [1.807, 2.05) is 47.4 Å². The van der Waals surface area contributed by atoms with Crippen molar-refractivity contribution in [2.75, 3.05) is 6.54 Å². The number of carbonyl (C=O) groups excluding carboxylic acids is 2. The Kier molecular flexibility index (Phi) is 5.62. The van der Waals surface area contributed by atoms with Crippen molar-refractivity contribution in [3.8, 4) is 0 Å². The number of benzene rings is 2. The average molecular weight is 391 g/mol. The predicted octanol–water partition coefficient (Wildman–Crippen LogP) is 3.52. The maximum atomic E-state index is 12.9. The van der Waals surface area contributed by atoms with Crippen LogP contribution in [0.3, 0.4) is 0 Å². The van der Waals surface area contributed by atoms with E-state index in [4.69, 9.17) is 5.21 Å². The van der Waals surface area contributed by atoms with Crippen LogP contribution in [0.5, 0.6) is 0 Å². The Morgan fingerprint density at radius 2 is 1.76 bits per heavy atom. The molecule has 2 amide bonds. The van der Waals surface area contributed by atoms with Crippen molar-refractivity contribution >= 4 is 22.7 Å². The highest BCUT2D eigenvalue weighted by Crippen LogP contribution is 2.32. The Hall–Kier alpha value is -3.12. The van der Waals surface area contributed by atoms with Crippen molar-refractivity contribution in [3.63, 3.8) is 0 Å². The van der Waals surface area contributed by atoms with E-state index >= 15 is 0 Å². The number of hydrogen-bond donors (Lipinski definition) is 2. The van der Waals surface area contributed by atoms with Gasteiger partial charge in [-0.1, -0.05) is 36.4 Å². The van der Waals surface area contributed by atoms with Crippen molar-refractivity contribution in [2.45, 2.75) is 38.8 Å². The van der Waals surface area contributed by atoms with Gasteiger partial charge < -0.3 is 9.47 Å². The highest BCUT2D eigenvalue weighted by molar-refractivity contribution is 5.95. The molecule has 0 atom stereocenters. The monoisotopic (exact) mass is 391 g/mol. The molecule has 6 nitrogen and oxygen atoms in total. The van der Waals surface area contributed by atoms with Gasteiger partial charge in [0, 0.05) is 60.2 Å². The van der Waals surface area contributed by atoms with Gasteiger partial charge in [-0.15, -0.1) is 0 Å². The second kappa shape index (κ2) is 8.49. The minimum Gasteiger partial charge on any atom is -0.344 e. The number of unbranched alkanes of at least 4 members (excludes halogenated alkanes) is 1. The molecule has 2 aromatic carbocycles. The molecule has 0 fully saturated rings. The SMILES string of the molecule is O=C(CCCCn1c2c(c3ccccc31)CN(C(=O)c1ccccc1)CC2)NO. The summed E-state index contributed by atoms with van der Waals surface area (Å²) in [5.41, 5.74) is 6.10. The molecule has 2 heterocycles. The van der Waals surface area contributed by atoms with Crippen LogP contribution >= 0.6 is 0 Å². The molecule has 0 saturated carbocycles. The van der Waals surface area contributed by atoms with Crippen LogP contribution < -0.4 is 5.48 Å². The lowest BCUT2D eigenvalue weighted by molar-refractivity contribution is -0.129. The molecule has 29 heavy (non-hydrogen) atoms. The Labute approximate surface area is 169 Å². The fourth-order valence-corrected chi connectivity index (χ4v) is 4.20. The Morgan fingerprint density at radius 3 is 2.55 bits per heavy atom. The van der Waals surface area contributed by atoms with Crippen LogP contribution in [0.15, 0.2) is 54.6 Å². The van der Waals surface area contributed by atoms with Gasteiger partial charge in [0.05, 0.1) is 0 Å². The number of aryl methyl sites for hydroxylation is 1. The van der Waals surface area contributed by atoms with Crippen LogP contribution in [0.25, 0.3) is 10.9 Å². The summed E-state index contributed by atoms with van der Waals surface area (Å²) in [5.74, 6) is -0.275. The number of aromatic nitrogens is 1. The van der Waals surface area contributed by atoms with E-state index in [1.54, 1.807) is 5.48 Å². The summed E-state index contributed by atoms with van der Waals surface area (Å²) in [4.78, 5) is 26.1. The zero-order valence-electron chi connectivity index (χ0n) is 16.3. The first-order valence-corrected chi connectivity index (χ1v) is 10.1. The quantitative estimate of drug-likeness (QED) is 0.384. The third-order valence-electron chi connectivity index (χ3n) is 5.63. The largest absolute Gasteiger partial charge is 0.344 e. The van der Waals surface area contributed by atoms with E-state index in [9.17, 15) is 9.59 Å². The van der Waals surface area contributed by atoms with Gasteiger partial charge in [0.15, 0.2) is 0 Å². The fraction of sp³-hybridized carbons (Fsp3) is 0.304. The molecule has 0 bridgehead atoms. The number of carbonyl (C=O) groups is 2. The van der Waals surface area contributed by atoms with Gasteiger partial charge in [-0.3, -0.25) is 14.8 Å². The van der Waals surface area contributed by atoms with Gasteiger partial charge in [0.1, 0.15) is 0 Å². The van der Waals surface area contributed by atoms with Crippen LogP contribution in [-0.4, -0.2) is 33.0 Å². The van der Waals surface area contributed by atoms with Gasteiger partial charge in [-0.25, -0.2) is 5.48 Å². The molecule has 3 aromatic rings. The van der Waals surface area contributed by atoms with Crippen LogP contribution in [0.2, 0.25) is 0 Å². The average Bonchev–Trinajstić information content (AvgIpc) is 3.09. The predicted molar refractivity (Wildman–Crippen MR) is 111 cm³/mol. The molecule has 0 unspecified atom stereocenters. The molecule has 0 radical (unpaired) electrons. The lowest BCUT2D eigenvalue weighted by atomic mass is 10.0. The van der Waals surface area contributed by atoms with Crippen LogP contribution in [0.4, 0.5) is 0 Å². The number of nitrogens with one attached hydrogen (secondary N) is 1. The molecular formula is C23H25N3O3. The number of para-hydroxylation sites is 1. The molecule has 2 N–H and O–H groups in total. The summed E-state index contributed by atoms with van der Waals surface area (Å²) in [6, 6.07) is 17.8. The minimum absolute atomic E-state index is 0.0723. The Balaban J connectivity index is 1.56. The molecule has 4 rings (SSSR count). The summed E-state index contributed by atoms with van der Waals surface area (Å²) in [6.07, 6.45) is 2.70. The smallest absolute Gasteiger partial charge is 0.254 e. The molecule has 0 aliphatic carbocycles. The number of fused-ring (bicyclic) bond motifs is 3. The third-order valence-corrected chi connectivity index (χ3v) is 5.63. The molecule has 1 aliphatic rings. The van der Waals surface area contributed by atoms with Crippen LogP contribution in [-0.2, 0) is 24.3 Å². The topological polar surface area (TPSA) is 74.6 Å². The van der Waals surface area contributed by atoms with Gasteiger partial charge in [-0.05, 0) is 31.0 Å². The zero-order valence-corrected chi connectivity index (χ0v) is 16.3. The van der Waals surface area contributed by atoms with Crippen molar-refractivity contribution < 1.29 is 14.8 Å². The lowest BCUT2D eigenvalue weighted by Crippen LogP contribution is -2.36. The highest BCUT2D eigenvalue weighted by Gasteiger charge is 2.26. The van der Waals surface area contributed by atoms with E-state index in [-0.39, 0.29) is 11.8 Å². The summed E-state index contributed by atoms with van der Waals surface area (Å²) in [6.45, 7) is 2.13. The summed E-state index contributed by atoms with van der Waals surface area (Å²) >= 11 is 0. The van der Waals surface area contributed by atoms with E-state index in [0.29, 0.717) is 25.9 Å². The molecule has 6 heteroatoms. The number of hydroxylamine groups is 1. The highest BCUT2D eigenvalue weighted by atomic mass is 16.5. The van der Waals surface area contributed by atoms with E-state index in [2.05, 4.69) is 16.7 Å². The molecule has 1 aliphatic heterocycles. The van der Waals surface area contributed by atoms with Gasteiger partial charge in [0.2, 0.25) is 5.91 Å². The number of nitrogens with zero attached hydrogens (tertiary/aromatic N) is 2. The Morgan fingerprint density at radius 1 is 1.00 bits per heavy atom. The van der Waals surface area contributed by atoms with Crippen molar-refractivity contribution in [3.05, 3.63) is 71.4 Å². The first kappa shape index (κ1) is 19.2. The molecule has 0 spiro atoms. The number of amides is 2. The third kappa shape index (κ3) is 3.89. The lowest BCUT2D eigenvalue weighted by Gasteiger charge is -2.28. The van der Waals surface area contributed by atoms with E-state index < -0.39 is 0 Å². The van der Waals surface area contributed by atoms with Gasteiger partial charge in [-0.2, -0.15) is 0 Å². The van der Waals surface area contributed by atoms with Gasteiger partial charge in [0.25, 0.3) is 5.91 Å². The van der Waals surface area contributed by atoms with Crippen molar-refractivity contribution in [2.24, 2.45) is 0 Å². The fourth-order valence-electron chi connectivity index (χ4n) is 4.20. The van der Waals surface area contributed by atoms with E-state index in [0.717, 1.165) is 24.9 Å². The maximum Gasteiger partial charge on any atom is 0.254 e. The number of rotatable bonds is 6. The number of hydrogen-bond acceptors (Lipinski definition) is 3. The molecular weight excluding hydrogens is 366 g/mol. The van der Waals surface area contributed by atoms with Crippen molar-refractivity contribution in [1.82, 2.24) is 14.9 Å². The normalized spacial score (nSPS) is 13.3. The van der Waals surface area contributed by atoms with Crippen molar-refractivity contribution in [1.29, 1.82) is 0 Å². The minimum atomic E-state index is -0.348. The second-order valence-corrected chi connectivity index (χ2v) is 7.43. The first-order chi connectivity index (χ1) is 14.2. The van der Waals surface area contributed by atoms with Gasteiger partial charge >= 0.3 is 0 Å². The zero-order chi connectivity index (χ0) is 20.2.